The Hall–Kier alpha value is -0.820. The molecule has 110 valence electrons. The van der Waals surface area contributed by atoms with Crippen LogP contribution >= 0.6 is 0 Å². The molecule has 1 aromatic rings. The van der Waals surface area contributed by atoms with Crippen LogP contribution in [0.5, 0.6) is 0 Å². The third kappa shape index (κ3) is 2.93. The molecule has 1 saturated carbocycles. The Morgan fingerprint density at radius 3 is 2.75 bits per heavy atom. The van der Waals surface area contributed by atoms with E-state index < -0.39 is 0 Å². The molecule has 3 unspecified atom stereocenters. The summed E-state index contributed by atoms with van der Waals surface area (Å²) in [5.74, 6) is 2.38. The number of aryl methyl sites for hydroxylation is 2. The van der Waals surface area contributed by atoms with Gasteiger partial charge in [0.25, 0.3) is 0 Å². The summed E-state index contributed by atoms with van der Waals surface area (Å²) in [7, 11) is 0. The van der Waals surface area contributed by atoms with Crippen molar-refractivity contribution in [2.24, 2.45) is 23.5 Å². The van der Waals surface area contributed by atoms with Gasteiger partial charge in [-0.15, -0.1) is 0 Å². The fourth-order valence-electron chi connectivity index (χ4n) is 4.22. The minimum Gasteiger partial charge on any atom is -0.327 e. The molecule has 0 aromatic heterocycles. The van der Waals surface area contributed by atoms with E-state index in [9.17, 15) is 0 Å². The van der Waals surface area contributed by atoms with Crippen LogP contribution in [0.3, 0.4) is 0 Å². The van der Waals surface area contributed by atoms with E-state index >= 15 is 0 Å². The van der Waals surface area contributed by atoms with Crippen molar-refractivity contribution in [2.45, 2.75) is 64.8 Å². The molecule has 20 heavy (non-hydrogen) atoms. The molecular weight excluding hydrogens is 242 g/mol. The monoisotopic (exact) mass is 271 g/mol. The first kappa shape index (κ1) is 14.1. The molecule has 2 aliphatic carbocycles. The van der Waals surface area contributed by atoms with Crippen LogP contribution in [0, 0.1) is 17.8 Å². The number of rotatable bonds is 3. The average Bonchev–Trinajstić information content (AvgIpc) is 2.88. The Morgan fingerprint density at radius 2 is 1.95 bits per heavy atom. The summed E-state index contributed by atoms with van der Waals surface area (Å²) < 4.78 is 0. The predicted octanol–water partition coefficient (Wildman–Crippen LogP) is 4.12. The Kier molecular flexibility index (Phi) is 4.16. The van der Waals surface area contributed by atoms with Crippen LogP contribution in [0.15, 0.2) is 18.2 Å². The van der Waals surface area contributed by atoms with Gasteiger partial charge in [-0.2, -0.15) is 0 Å². The van der Waals surface area contributed by atoms with E-state index in [1.807, 2.05) is 0 Å². The first-order valence-electron chi connectivity index (χ1n) is 8.49. The second-order valence-electron chi connectivity index (χ2n) is 7.40. The molecular formula is C19H29N. The molecule has 0 spiro atoms. The summed E-state index contributed by atoms with van der Waals surface area (Å²) in [6.07, 6.45) is 8.99. The van der Waals surface area contributed by atoms with Crippen LogP contribution in [-0.4, -0.2) is 6.04 Å². The highest BCUT2D eigenvalue weighted by Crippen LogP contribution is 2.35. The lowest BCUT2D eigenvalue weighted by Gasteiger charge is -2.36. The summed E-state index contributed by atoms with van der Waals surface area (Å²) in [5, 5.41) is 0. The average molecular weight is 271 g/mol. The number of benzene rings is 1. The van der Waals surface area contributed by atoms with Gasteiger partial charge in [0.2, 0.25) is 0 Å². The molecule has 2 aliphatic rings. The van der Waals surface area contributed by atoms with Gasteiger partial charge in [0.15, 0.2) is 0 Å². The van der Waals surface area contributed by atoms with Crippen molar-refractivity contribution in [2.75, 3.05) is 0 Å². The maximum Gasteiger partial charge on any atom is 0.00705 e. The van der Waals surface area contributed by atoms with E-state index in [1.165, 1.54) is 50.5 Å². The highest BCUT2D eigenvalue weighted by atomic mass is 14.7. The second kappa shape index (κ2) is 5.89. The Morgan fingerprint density at radius 1 is 1.15 bits per heavy atom. The molecule has 1 heteroatoms. The molecule has 0 aliphatic heterocycles. The molecule has 3 rings (SSSR count). The molecule has 1 fully saturated rings. The third-order valence-corrected chi connectivity index (χ3v) is 5.69. The first-order chi connectivity index (χ1) is 9.63. The van der Waals surface area contributed by atoms with Crippen molar-refractivity contribution in [1.82, 2.24) is 0 Å². The van der Waals surface area contributed by atoms with Gasteiger partial charge in [0, 0.05) is 6.04 Å². The number of hydrogen-bond donors (Lipinski definition) is 1. The standard InChI is InChI=1S/C19H29N/c1-13(2)16-8-9-19(20)18(12-16)11-14-6-7-15-4-3-5-17(15)10-14/h6-7,10,13,16,18-19H,3-5,8-9,11-12,20H2,1-2H3. The summed E-state index contributed by atoms with van der Waals surface area (Å²) in [6, 6.07) is 7.61. The van der Waals surface area contributed by atoms with Crippen molar-refractivity contribution in [1.29, 1.82) is 0 Å². The number of hydrogen-bond acceptors (Lipinski definition) is 1. The van der Waals surface area contributed by atoms with Crippen LogP contribution in [-0.2, 0) is 19.3 Å². The van der Waals surface area contributed by atoms with Crippen molar-refractivity contribution in [3.05, 3.63) is 34.9 Å². The van der Waals surface area contributed by atoms with Gasteiger partial charge in [0.1, 0.15) is 0 Å². The maximum atomic E-state index is 6.40. The molecule has 1 nitrogen and oxygen atoms in total. The SMILES string of the molecule is CC(C)C1CCC(N)C(Cc2ccc3c(c2)CCC3)C1. The van der Waals surface area contributed by atoms with E-state index in [0.29, 0.717) is 12.0 Å². The van der Waals surface area contributed by atoms with Gasteiger partial charge in [-0.1, -0.05) is 32.0 Å². The van der Waals surface area contributed by atoms with Crippen LogP contribution in [0.25, 0.3) is 0 Å². The smallest absolute Gasteiger partial charge is 0.00705 e. The van der Waals surface area contributed by atoms with E-state index in [2.05, 4.69) is 32.0 Å². The van der Waals surface area contributed by atoms with E-state index in [-0.39, 0.29) is 0 Å². The Balaban J connectivity index is 1.69. The van der Waals surface area contributed by atoms with Gasteiger partial charge >= 0.3 is 0 Å². The number of nitrogens with two attached hydrogens (primary N) is 1. The Labute approximate surface area is 124 Å². The minimum atomic E-state index is 0.415. The molecule has 0 heterocycles. The summed E-state index contributed by atoms with van der Waals surface area (Å²) in [6.45, 7) is 4.74. The first-order valence-corrected chi connectivity index (χ1v) is 8.49. The topological polar surface area (TPSA) is 26.0 Å². The third-order valence-electron chi connectivity index (χ3n) is 5.69. The highest BCUT2D eigenvalue weighted by molar-refractivity contribution is 5.35. The summed E-state index contributed by atoms with van der Waals surface area (Å²) in [4.78, 5) is 0. The lowest BCUT2D eigenvalue weighted by atomic mass is 9.72. The van der Waals surface area contributed by atoms with Crippen molar-refractivity contribution < 1.29 is 0 Å². The van der Waals surface area contributed by atoms with Crippen LogP contribution in [0.2, 0.25) is 0 Å². The van der Waals surface area contributed by atoms with Gasteiger partial charge in [0.05, 0.1) is 0 Å². The number of fused-ring (bicyclic) bond motifs is 1. The molecule has 0 bridgehead atoms. The van der Waals surface area contributed by atoms with Crippen LogP contribution in [0.4, 0.5) is 0 Å². The van der Waals surface area contributed by atoms with E-state index in [1.54, 1.807) is 11.1 Å². The quantitative estimate of drug-likeness (QED) is 0.879. The second-order valence-corrected chi connectivity index (χ2v) is 7.40. The van der Waals surface area contributed by atoms with Gasteiger partial charge in [-0.3, -0.25) is 0 Å². The summed E-state index contributed by atoms with van der Waals surface area (Å²) >= 11 is 0. The van der Waals surface area contributed by atoms with Crippen molar-refractivity contribution >= 4 is 0 Å². The fourth-order valence-corrected chi connectivity index (χ4v) is 4.22. The van der Waals surface area contributed by atoms with Crippen molar-refractivity contribution in [3.8, 4) is 0 Å². The highest BCUT2D eigenvalue weighted by Gasteiger charge is 2.29. The lowest BCUT2D eigenvalue weighted by Crippen LogP contribution is -2.38. The predicted molar refractivity (Wildman–Crippen MR) is 85.8 cm³/mol. The minimum absolute atomic E-state index is 0.415. The molecule has 1 aromatic carbocycles. The normalized spacial score (nSPS) is 29.7. The fraction of sp³-hybridized carbons (Fsp3) is 0.684. The molecule has 0 radical (unpaired) electrons. The largest absolute Gasteiger partial charge is 0.327 e. The van der Waals surface area contributed by atoms with Crippen LogP contribution in [0.1, 0.15) is 56.2 Å². The zero-order valence-corrected chi connectivity index (χ0v) is 13.1. The Bertz CT molecular complexity index is 463. The zero-order chi connectivity index (χ0) is 14.1. The van der Waals surface area contributed by atoms with E-state index in [0.717, 1.165) is 11.8 Å². The summed E-state index contributed by atoms with van der Waals surface area (Å²) in [5.41, 5.74) is 11.1. The van der Waals surface area contributed by atoms with Crippen LogP contribution < -0.4 is 5.73 Å². The molecule has 0 amide bonds. The molecule has 0 saturated heterocycles. The van der Waals surface area contributed by atoms with Gasteiger partial charge in [-0.05, 0) is 79.4 Å². The molecule has 2 N–H and O–H groups in total. The lowest BCUT2D eigenvalue weighted by molar-refractivity contribution is 0.189. The van der Waals surface area contributed by atoms with Gasteiger partial charge < -0.3 is 5.73 Å². The molecule has 3 atom stereocenters. The zero-order valence-electron chi connectivity index (χ0n) is 13.1. The maximum absolute atomic E-state index is 6.40. The van der Waals surface area contributed by atoms with E-state index in [4.69, 9.17) is 5.73 Å². The van der Waals surface area contributed by atoms with Crippen molar-refractivity contribution in [3.63, 3.8) is 0 Å². The van der Waals surface area contributed by atoms with Gasteiger partial charge in [-0.25, -0.2) is 0 Å².